The first-order valence-corrected chi connectivity index (χ1v) is 4.38. The van der Waals surface area contributed by atoms with Gasteiger partial charge in [0.1, 0.15) is 24.3 Å². The van der Waals surface area contributed by atoms with Gasteiger partial charge in [0.05, 0.1) is 11.6 Å². The topological polar surface area (TPSA) is 49.7 Å². The van der Waals surface area contributed by atoms with E-state index in [2.05, 4.69) is 0 Å². The summed E-state index contributed by atoms with van der Waals surface area (Å²) in [6.45, 7) is -0.479. The molecule has 0 saturated heterocycles. The van der Waals surface area contributed by atoms with Crippen LogP contribution in [0.15, 0.2) is 18.2 Å². The largest absolute Gasteiger partial charge is 0.491 e. The van der Waals surface area contributed by atoms with E-state index in [9.17, 15) is 4.39 Å². The standard InChI is InChI=1S/C9H10ClFO3/c10-8-2-1-7(3-9(8)11)14-5-6(13)4-12/h1-3,6,12-13H,4-5H2. The molecule has 0 aliphatic heterocycles. The molecule has 5 heteroatoms. The number of rotatable bonds is 4. The van der Waals surface area contributed by atoms with Crippen LogP contribution >= 0.6 is 11.6 Å². The first-order chi connectivity index (χ1) is 6.63. The summed E-state index contributed by atoms with van der Waals surface area (Å²) in [6.07, 6.45) is -0.964. The van der Waals surface area contributed by atoms with Crippen LogP contribution < -0.4 is 4.74 Å². The van der Waals surface area contributed by atoms with Gasteiger partial charge < -0.3 is 14.9 Å². The molecule has 1 aromatic rings. The lowest BCUT2D eigenvalue weighted by atomic mass is 10.3. The van der Waals surface area contributed by atoms with E-state index in [0.717, 1.165) is 6.07 Å². The van der Waals surface area contributed by atoms with Gasteiger partial charge in [0, 0.05) is 6.07 Å². The Morgan fingerprint density at radius 1 is 1.50 bits per heavy atom. The summed E-state index contributed by atoms with van der Waals surface area (Å²) in [5.41, 5.74) is 0. The summed E-state index contributed by atoms with van der Waals surface area (Å²) in [4.78, 5) is 0. The summed E-state index contributed by atoms with van der Waals surface area (Å²) >= 11 is 5.45. The van der Waals surface area contributed by atoms with E-state index in [1.54, 1.807) is 0 Å². The molecule has 1 rings (SSSR count). The van der Waals surface area contributed by atoms with Crippen molar-refractivity contribution in [3.63, 3.8) is 0 Å². The number of hydrogen-bond acceptors (Lipinski definition) is 3. The highest BCUT2D eigenvalue weighted by molar-refractivity contribution is 6.30. The van der Waals surface area contributed by atoms with Gasteiger partial charge in [-0.15, -0.1) is 0 Å². The normalized spacial score (nSPS) is 12.6. The lowest BCUT2D eigenvalue weighted by Crippen LogP contribution is -2.21. The van der Waals surface area contributed by atoms with Crippen LogP contribution in [0.25, 0.3) is 0 Å². The number of ether oxygens (including phenoxy) is 1. The van der Waals surface area contributed by atoms with Crippen molar-refractivity contribution in [2.24, 2.45) is 0 Å². The maximum absolute atomic E-state index is 12.9. The van der Waals surface area contributed by atoms with Crippen molar-refractivity contribution in [3.05, 3.63) is 29.0 Å². The molecule has 0 radical (unpaired) electrons. The number of aliphatic hydroxyl groups excluding tert-OH is 2. The van der Waals surface area contributed by atoms with Gasteiger partial charge in [-0.05, 0) is 12.1 Å². The fraction of sp³-hybridized carbons (Fsp3) is 0.333. The molecule has 78 valence electrons. The average Bonchev–Trinajstić information content (AvgIpc) is 2.19. The van der Waals surface area contributed by atoms with Crippen molar-refractivity contribution in [1.82, 2.24) is 0 Å². The molecule has 0 spiro atoms. The van der Waals surface area contributed by atoms with Crippen molar-refractivity contribution in [3.8, 4) is 5.75 Å². The third-order valence-corrected chi connectivity index (χ3v) is 1.85. The molecule has 0 aliphatic carbocycles. The van der Waals surface area contributed by atoms with Crippen molar-refractivity contribution in [2.75, 3.05) is 13.2 Å². The highest BCUT2D eigenvalue weighted by atomic mass is 35.5. The maximum atomic E-state index is 12.9. The predicted molar refractivity (Wildman–Crippen MR) is 50.0 cm³/mol. The Labute approximate surface area is 85.7 Å². The molecule has 1 aromatic carbocycles. The second-order valence-corrected chi connectivity index (χ2v) is 3.13. The summed E-state index contributed by atoms with van der Waals surface area (Å²) in [5.74, 6) is -0.318. The molecule has 0 saturated carbocycles. The summed E-state index contributed by atoms with van der Waals surface area (Å²) in [6, 6.07) is 3.96. The molecule has 0 heterocycles. The summed E-state index contributed by atoms with van der Waals surface area (Å²) in [7, 11) is 0. The van der Waals surface area contributed by atoms with Crippen LogP contribution in [0.5, 0.6) is 5.75 Å². The first kappa shape index (κ1) is 11.2. The minimum absolute atomic E-state index is 0.0139. The van der Waals surface area contributed by atoms with Crippen LogP contribution in [-0.4, -0.2) is 29.5 Å². The Hall–Kier alpha value is -0.840. The Bertz CT molecular complexity index is 306. The fourth-order valence-corrected chi connectivity index (χ4v) is 0.929. The van der Waals surface area contributed by atoms with Crippen LogP contribution in [0.4, 0.5) is 4.39 Å². The molecule has 0 fully saturated rings. The zero-order valence-electron chi connectivity index (χ0n) is 7.28. The molecule has 0 amide bonds. The molecule has 14 heavy (non-hydrogen) atoms. The van der Waals surface area contributed by atoms with E-state index in [4.69, 9.17) is 26.6 Å². The van der Waals surface area contributed by atoms with Crippen molar-refractivity contribution in [2.45, 2.75) is 6.10 Å². The van der Waals surface area contributed by atoms with Gasteiger partial charge in [0.2, 0.25) is 0 Å². The minimum atomic E-state index is -0.964. The Morgan fingerprint density at radius 2 is 2.21 bits per heavy atom. The number of halogens is 2. The smallest absolute Gasteiger partial charge is 0.145 e. The molecule has 1 unspecified atom stereocenters. The zero-order chi connectivity index (χ0) is 10.6. The SMILES string of the molecule is OCC(O)COc1ccc(Cl)c(F)c1. The van der Waals surface area contributed by atoms with E-state index < -0.39 is 18.5 Å². The number of hydrogen-bond donors (Lipinski definition) is 2. The first-order valence-electron chi connectivity index (χ1n) is 4.00. The monoisotopic (exact) mass is 220 g/mol. The second kappa shape index (κ2) is 5.14. The van der Waals surface area contributed by atoms with Gasteiger partial charge in [-0.25, -0.2) is 4.39 Å². The molecule has 2 N–H and O–H groups in total. The lowest BCUT2D eigenvalue weighted by molar-refractivity contribution is 0.0535. The van der Waals surface area contributed by atoms with Crippen molar-refractivity contribution in [1.29, 1.82) is 0 Å². The lowest BCUT2D eigenvalue weighted by Gasteiger charge is -2.09. The van der Waals surface area contributed by atoms with Gasteiger partial charge >= 0.3 is 0 Å². The molecule has 0 aromatic heterocycles. The zero-order valence-corrected chi connectivity index (χ0v) is 8.04. The van der Waals surface area contributed by atoms with Gasteiger partial charge in [-0.3, -0.25) is 0 Å². The maximum Gasteiger partial charge on any atom is 0.145 e. The number of aliphatic hydroxyl groups is 2. The van der Waals surface area contributed by atoms with Crippen LogP contribution in [-0.2, 0) is 0 Å². The molecular formula is C9H10ClFO3. The quantitative estimate of drug-likeness (QED) is 0.802. The Morgan fingerprint density at radius 3 is 2.79 bits per heavy atom. The molecule has 0 bridgehead atoms. The van der Waals surface area contributed by atoms with E-state index in [1.165, 1.54) is 12.1 Å². The molecule has 1 atom stereocenters. The van der Waals surface area contributed by atoms with Gasteiger partial charge in [0.15, 0.2) is 0 Å². The number of benzene rings is 1. The molecule has 0 aliphatic rings. The predicted octanol–water partition coefficient (Wildman–Crippen LogP) is 1.21. The van der Waals surface area contributed by atoms with Crippen molar-refractivity contribution >= 4 is 11.6 Å². The second-order valence-electron chi connectivity index (χ2n) is 2.72. The highest BCUT2D eigenvalue weighted by Crippen LogP contribution is 2.20. The van der Waals surface area contributed by atoms with E-state index >= 15 is 0 Å². The van der Waals surface area contributed by atoms with Crippen LogP contribution in [0.1, 0.15) is 0 Å². The minimum Gasteiger partial charge on any atom is -0.491 e. The van der Waals surface area contributed by atoms with E-state index in [0.29, 0.717) is 0 Å². The van der Waals surface area contributed by atoms with E-state index in [1.807, 2.05) is 0 Å². The third-order valence-electron chi connectivity index (χ3n) is 1.54. The Balaban J connectivity index is 2.55. The van der Waals surface area contributed by atoms with Gasteiger partial charge in [-0.2, -0.15) is 0 Å². The molecule has 3 nitrogen and oxygen atoms in total. The van der Waals surface area contributed by atoms with Gasteiger partial charge in [-0.1, -0.05) is 11.6 Å². The van der Waals surface area contributed by atoms with Crippen LogP contribution in [0.2, 0.25) is 5.02 Å². The fourth-order valence-electron chi connectivity index (χ4n) is 0.812. The van der Waals surface area contributed by atoms with Gasteiger partial charge in [0.25, 0.3) is 0 Å². The molecular weight excluding hydrogens is 211 g/mol. The Kier molecular flexibility index (Phi) is 4.13. The van der Waals surface area contributed by atoms with Crippen LogP contribution in [0.3, 0.4) is 0 Å². The van der Waals surface area contributed by atoms with Crippen LogP contribution in [0, 0.1) is 5.82 Å². The summed E-state index contributed by atoms with van der Waals surface area (Å²) in [5, 5.41) is 17.4. The van der Waals surface area contributed by atoms with Crippen molar-refractivity contribution < 1.29 is 19.3 Å². The summed E-state index contributed by atoms with van der Waals surface area (Å²) < 4.78 is 17.8. The third kappa shape index (κ3) is 3.14. The average molecular weight is 221 g/mol. The van der Waals surface area contributed by atoms with E-state index in [-0.39, 0.29) is 17.4 Å². The highest BCUT2D eigenvalue weighted by Gasteiger charge is 2.05.